The molecular formula is C21H15BrN2O. The lowest BCUT2D eigenvalue weighted by atomic mass is 10.1. The maximum atomic E-state index is 12.2. The smallest absolute Gasteiger partial charge is 0.228 e. The average molecular weight is 391 g/mol. The number of nitrogens with one attached hydrogen (secondary N) is 1. The van der Waals surface area contributed by atoms with Crippen molar-refractivity contribution in [3.8, 4) is 11.8 Å². The van der Waals surface area contributed by atoms with Gasteiger partial charge in [0.2, 0.25) is 5.91 Å². The molecule has 3 rings (SSSR count). The van der Waals surface area contributed by atoms with Crippen molar-refractivity contribution in [2.45, 2.75) is 6.42 Å². The van der Waals surface area contributed by atoms with Gasteiger partial charge in [-0.25, -0.2) is 4.98 Å². The first kappa shape index (κ1) is 16.9. The highest BCUT2D eigenvalue weighted by molar-refractivity contribution is 9.10. The summed E-state index contributed by atoms with van der Waals surface area (Å²) in [6, 6.07) is 20.8. The zero-order valence-electron chi connectivity index (χ0n) is 13.4. The van der Waals surface area contributed by atoms with Crippen LogP contribution in [-0.4, -0.2) is 10.9 Å². The summed E-state index contributed by atoms with van der Waals surface area (Å²) in [7, 11) is 0. The van der Waals surface area contributed by atoms with Gasteiger partial charge in [-0.05, 0) is 53.9 Å². The number of benzene rings is 2. The highest BCUT2D eigenvalue weighted by atomic mass is 79.9. The third kappa shape index (κ3) is 5.30. The Morgan fingerprint density at radius 2 is 1.84 bits per heavy atom. The van der Waals surface area contributed by atoms with E-state index in [0.29, 0.717) is 12.1 Å². The van der Waals surface area contributed by atoms with E-state index in [2.05, 4.69) is 38.1 Å². The van der Waals surface area contributed by atoms with Gasteiger partial charge in [-0.2, -0.15) is 0 Å². The van der Waals surface area contributed by atoms with Gasteiger partial charge in [0, 0.05) is 21.9 Å². The van der Waals surface area contributed by atoms with E-state index in [0.717, 1.165) is 21.3 Å². The van der Waals surface area contributed by atoms with E-state index in [4.69, 9.17) is 0 Å². The topological polar surface area (TPSA) is 42.0 Å². The molecule has 1 heterocycles. The molecule has 0 saturated heterocycles. The summed E-state index contributed by atoms with van der Waals surface area (Å²) in [5, 5.41) is 2.91. The second kappa shape index (κ2) is 8.27. The quantitative estimate of drug-likeness (QED) is 0.672. The van der Waals surface area contributed by atoms with Crippen LogP contribution in [0.15, 0.2) is 77.4 Å². The van der Waals surface area contributed by atoms with Gasteiger partial charge in [0.1, 0.15) is 5.69 Å². The molecule has 2 aromatic carbocycles. The molecule has 122 valence electrons. The number of pyridine rings is 1. The molecule has 0 aliphatic carbocycles. The number of halogens is 1. The Labute approximate surface area is 155 Å². The van der Waals surface area contributed by atoms with Crippen molar-refractivity contribution in [2.75, 3.05) is 5.32 Å². The largest absolute Gasteiger partial charge is 0.326 e. The lowest BCUT2D eigenvalue weighted by Crippen LogP contribution is -2.14. The van der Waals surface area contributed by atoms with Gasteiger partial charge in [0.15, 0.2) is 0 Å². The first-order valence-corrected chi connectivity index (χ1v) is 8.56. The lowest BCUT2D eigenvalue weighted by Gasteiger charge is -2.06. The molecule has 0 bridgehead atoms. The van der Waals surface area contributed by atoms with Gasteiger partial charge in [-0.3, -0.25) is 4.79 Å². The van der Waals surface area contributed by atoms with E-state index in [1.54, 1.807) is 6.20 Å². The van der Waals surface area contributed by atoms with E-state index in [9.17, 15) is 4.79 Å². The highest BCUT2D eigenvalue weighted by Crippen LogP contribution is 2.13. The molecule has 0 aliphatic rings. The van der Waals surface area contributed by atoms with Crippen LogP contribution in [-0.2, 0) is 11.2 Å². The molecule has 4 heteroatoms. The second-order valence-corrected chi connectivity index (χ2v) is 6.31. The highest BCUT2D eigenvalue weighted by Gasteiger charge is 2.04. The Morgan fingerprint density at radius 3 is 2.60 bits per heavy atom. The van der Waals surface area contributed by atoms with Crippen LogP contribution < -0.4 is 5.32 Å². The standard InChI is InChI=1S/C21H15BrN2O/c22-18-10-7-17(8-11-18)15-21(25)24-20-6-3-4-16(14-20)9-12-19-5-1-2-13-23-19/h1-8,10-11,13-14H,15H2,(H,24,25). The Bertz CT molecular complexity index is 925. The van der Waals surface area contributed by atoms with Crippen LogP contribution in [0.2, 0.25) is 0 Å². The van der Waals surface area contributed by atoms with Crippen molar-refractivity contribution in [1.82, 2.24) is 4.98 Å². The van der Waals surface area contributed by atoms with Crippen molar-refractivity contribution in [1.29, 1.82) is 0 Å². The fraction of sp³-hybridized carbons (Fsp3) is 0.0476. The molecule has 0 saturated carbocycles. The summed E-state index contributed by atoms with van der Waals surface area (Å²) >= 11 is 3.39. The molecule has 1 aromatic heterocycles. The summed E-state index contributed by atoms with van der Waals surface area (Å²) in [6.45, 7) is 0. The number of amides is 1. The van der Waals surface area contributed by atoms with Crippen LogP contribution in [0.4, 0.5) is 5.69 Å². The second-order valence-electron chi connectivity index (χ2n) is 5.40. The van der Waals surface area contributed by atoms with Crippen molar-refractivity contribution in [3.05, 3.63) is 94.2 Å². The average Bonchev–Trinajstić information content (AvgIpc) is 2.63. The molecule has 1 N–H and O–H groups in total. The Hall–Kier alpha value is -2.90. The number of aromatic nitrogens is 1. The fourth-order valence-electron chi connectivity index (χ4n) is 2.24. The van der Waals surface area contributed by atoms with Gasteiger partial charge in [-0.1, -0.05) is 46.1 Å². The predicted molar refractivity (Wildman–Crippen MR) is 103 cm³/mol. The number of carbonyl (C=O) groups excluding carboxylic acids is 1. The van der Waals surface area contributed by atoms with Crippen LogP contribution in [0.3, 0.4) is 0 Å². The van der Waals surface area contributed by atoms with Crippen molar-refractivity contribution < 1.29 is 4.79 Å². The third-order valence-electron chi connectivity index (χ3n) is 3.42. The molecule has 0 fully saturated rings. The van der Waals surface area contributed by atoms with E-state index in [-0.39, 0.29) is 5.91 Å². The minimum absolute atomic E-state index is 0.0582. The van der Waals surface area contributed by atoms with Gasteiger partial charge < -0.3 is 5.32 Å². The normalized spacial score (nSPS) is 9.80. The molecule has 1 amide bonds. The van der Waals surface area contributed by atoms with E-state index in [1.807, 2.05) is 66.7 Å². The zero-order chi connectivity index (χ0) is 17.5. The van der Waals surface area contributed by atoms with E-state index >= 15 is 0 Å². The Balaban J connectivity index is 1.66. The van der Waals surface area contributed by atoms with Gasteiger partial charge >= 0.3 is 0 Å². The molecule has 0 spiro atoms. The summed E-state index contributed by atoms with van der Waals surface area (Å²) in [5.74, 6) is 6.01. The fourth-order valence-corrected chi connectivity index (χ4v) is 2.50. The predicted octanol–water partition coefficient (Wildman–Crippen LogP) is 4.43. The Kier molecular flexibility index (Phi) is 5.61. The molecule has 0 radical (unpaired) electrons. The van der Waals surface area contributed by atoms with Gasteiger partial charge in [0.05, 0.1) is 6.42 Å². The minimum Gasteiger partial charge on any atom is -0.326 e. The SMILES string of the molecule is O=C(Cc1ccc(Br)cc1)Nc1cccc(C#Cc2ccccn2)c1. The zero-order valence-corrected chi connectivity index (χ0v) is 15.0. The molecule has 0 atom stereocenters. The maximum Gasteiger partial charge on any atom is 0.228 e. The van der Waals surface area contributed by atoms with E-state index < -0.39 is 0 Å². The number of rotatable bonds is 3. The van der Waals surface area contributed by atoms with Crippen LogP contribution in [0.25, 0.3) is 0 Å². The first-order chi connectivity index (χ1) is 12.2. The molecule has 3 nitrogen and oxygen atoms in total. The monoisotopic (exact) mass is 390 g/mol. The number of nitrogens with zero attached hydrogens (tertiary/aromatic N) is 1. The van der Waals surface area contributed by atoms with Crippen LogP contribution in [0.1, 0.15) is 16.8 Å². The number of carbonyl (C=O) groups is 1. The van der Waals surface area contributed by atoms with Crippen LogP contribution in [0.5, 0.6) is 0 Å². The third-order valence-corrected chi connectivity index (χ3v) is 3.95. The van der Waals surface area contributed by atoms with Crippen molar-refractivity contribution >= 4 is 27.5 Å². The Morgan fingerprint density at radius 1 is 1.00 bits per heavy atom. The van der Waals surface area contributed by atoms with Crippen LogP contribution >= 0.6 is 15.9 Å². The summed E-state index contributed by atoms with van der Waals surface area (Å²) in [4.78, 5) is 16.4. The molecule has 3 aromatic rings. The van der Waals surface area contributed by atoms with Gasteiger partial charge in [0.25, 0.3) is 0 Å². The molecule has 0 unspecified atom stereocenters. The van der Waals surface area contributed by atoms with Gasteiger partial charge in [-0.15, -0.1) is 0 Å². The first-order valence-electron chi connectivity index (χ1n) is 7.76. The van der Waals surface area contributed by atoms with Crippen molar-refractivity contribution in [2.24, 2.45) is 0 Å². The summed E-state index contributed by atoms with van der Waals surface area (Å²) < 4.78 is 0.996. The molecular weight excluding hydrogens is 376 g/mol. The summed E-state index contributed by atoms with van der Waals surface area (Å²) in [6.07, 6.45) is 2.04. The minimum atomic E-state index is -0.0582. The maximum absolute atomic E-state index is 12.2. The lowest BCUT2D eigenvalue weighted by molar-refractivity contribution is -0.115. The molecule has 25 heavy (non-hydrogen) atoms. The number of anilines is 1. The number of hydrogen-bond donors (Lipinski definition) is 1. The van der Waals surface area contributed by atoms with Crippen LogP contribution in [0, 0.1) is 11.8 Å². The number of hydrogen-bond acceptors (Lipinski definition) is 2. The molecule has 0 aliphatic heterocycles. The summed E-state index contributed by atoms with van der Waals surface area (Å²) in [5.41, 5.74) is 3.24. The van der Waals surface area contributed by atoms with Crippen molar-refractivity contribution in [3.63, 3.8) is 0 Å². The van der Waals surface area contributed by atoms with E-state index in [1.165, 1.54) is 0 Å².